The Hall–Kier alpha value is -3.03. The highest BCUT2D eigenvalue weighted by molar-refractivity contribution is 7.99. The molecule has 0 N–H and O–H groups in total. The van der Waals surface area contributed by atoms with Gasteiger partial charge in [-0.05, 0) is 53.9 Å². The minimum atomic E-state index is -0.297. The highest BCUT2D eigenvalue weighted by atomic mass is 32.2. The standard InChI is InChI=1S/C25H22FN3O2S/c26-21-11-9-18(10-12-21)24-27-28-25(29(24)15-22-6-3-13-31-22)32-16-23(30)20-8-7-17-4-1-2-5-19(17)14-20/h1-2,4-5,7-12,14,22H,3,6,13,15-16H2/t22-/m0/s1. The Morgan fingerprint density at radius 2 is 1.88 bits per heavy atom. The van der Waals surface area contributed by atoms with Crippen LogP contribution in [0.1, 0.15) is 23.2 Å². The van der Waals surface area contributed by atoms with Crippen LogP contribution in [-0.4, -0.2) is 39.0 Å². The summed E-state index contributed by atoms with van der Waals surface area (Å²) in [6.45, 7) is 1.35. The van der Waals surface area contributed by atoms with Gasteiger partial charge in [0.25, 0.3) is 0 Å². The smallest absolute Gasteiger partial charge is 0.192 e. The minimum absolute atomic E-state index is 0.0377. The van der Waals surface area contributed by atoms with Gasteiger partial charge >= 0.3 is 0 Å². The molecular formula is C25H22FN3O2S. The van der Waals surface area contributed by atoms with Crippen molar-refractivity contribution < 1.29 is 13.9 Å². The molecule has 0 unspecified atom stereocenters. The Morgan fingerprint density at radius 3 is 2.66 bits per heavy atom. The zero-order valence-electron chi connectivity index (χ0n) is 17.4. The lowest BCUT2D eigenvalue weighted by Gasteiger charge is -2.14. The Labute approximate surface area is 189 Å². The van der Waals surface area contributed by atoms with Crippen molar-refractivity contribution in [2.24, 2.45) is 0 Å². The van der Waals surface area contributed by atoms with E-state index in [0.717, 1.165) is 35.8 Å². The summed E-state index contributed by atoms with van der Waals surface area (Å²) in [6, 6.07) is 20.0. The number of rotatable bonds is 7. The number of ether oxygens (including phenoxy) is 1. The van der Waals surface area contributed by atoms with Gasteiger partial charge in [0, 0.05) is 17.7 Å². The van der Waals surface area contributed by atoms with E-state index in [1.807, 2.05) is 47.0 Å². The molecule has 0 spiro atoms. The first-order valence-electron chi connectivity index (χ1n) is 10.6. The van der Waals surface area contributed by atoms with E-state index in [1.165, 1.54) is 23.9 Å². The molecule has 0 radical (unpaired) electrons. The Morgan fingerprint density at radius 1 is 1.06 bits per heavy atom. The van der Waals surface area contributed by atoms with E-state index >= 15 is 0 Å². The van der Waals surface area contributed by atoms with Crippen molar-refractivity contribution in [2.75, 3.05) is 12.4 Å². The van der Waals surface area contributed by atoms with Gasteiger partial charge in [-0.3, -0.25) is 9.36 Å². The van der Waals surface area contributed by atoms with Crippen molar-refractivity contribution >= 4 is 28.3 Å². The van der Waals surface area contributed by atoms with E-state index in [2.05, 4.69) is 10.2 Å². The summed E-state index contributed by atoms with van der Waals surface area (Å²) in [6.07, 6.45) is 2.09. The molecule has 3 aromatic carbocycles. The van der Waals surface area contributed by atoms with Crippen LogP contribution in [-0.2, 0) is 11.3 Å². The second kappa shape index (κ2) is 9.22. The highest BCUT2D eigenvalue weighted by Gasteiger charge is 2.22. The summed E-state index contributed by atoms with van der Waals surface area (Å²) in [7, 11) is 0. The van der Waals surface area contributed by atoms with Crippen molar-refractivity contribution in [3.05, 3.63) is 78.1 Å². The molecule has 4 aromatic rings. The van der Waals surface area contributed by atoms with Crippen LogP contribution in [0.4, 0.5) is 4.39 Å². The van der Waals surface area contributed by atoms with Crippen LogP contribution < -0.4 is 0 Å². The molecule has 1 atom stereocenters. The number of fused-ring (bicyclic) bond motifs is 1. The summed E-state index contributed by atoms with van der Waals surface area (Å²) in [5.74, 6) is 0.650. The molecule has 0 amide bonds. The van der Waals surface area contributed by atoms with Crippen LogP contribution >= 0.6 is 11.8 Å². The molecular weight excluding hydrogens is 425 g/mol. The largest absolute Gasteiger partial charge is 0.376 e. The topological polar surface area (TPSA) is 57.0 Å². The number of Topliss-reactive ketones (excluding diaryl/α,β-unsaturated/α-hetero) is 1. The quantitative estimate of drug-likeness (QED) is 0.281. The molecule has 7 heteroatoms. The first kappa shape index (κ1) is 20.8. The predicted molar refractivity (Wildman–Crippen MR) is 123 cm³/mol. The van der Waals surface area contributed by atoms with E-state index in [0.29, 0.717) is 23.1 Å². The maximum atomic E-state index is 13.4. The summed E-state index contributed by atoms with van der Waals surface area (Å²) >= 11 is 1.37. The van der Waals surface area contributed by atoms with Crippen LogP contribution in [0.5, 0.6) is 0 Å². The van der Waals surface area contributed by atoms with Crippen molar-refractivity contribution in [2.45, 2.75) is 30.6 Å². The molecule has 1 aliphatic heterocycles. The van der Waals surface area contributed by atoms with Gasteiger partial charge in [-0.1, -0.05) is 48.2 Å². The second-order valence-electron chi connectivity index (χ2n) is 7.83. The van der Waals surface area contributed by atoms with E-state index < -0.39 is 0 Å². The summed E-state index contributed by atoms with van der Waals surface area (Å²) in [4.78, 5) is 12.9. The summed E-state index contributed by atoms with van der Waals surface area (Å²) < 4.78 is 21.2. The van der Waals surface area contributed by atoms with Gasteiger partial charge in [0.1, 0.15) is 5.82 Å². The number of ketones is 1. The van der Waals surface area contributed by atoms with Crippen molar-refractivity contribution in [3.63, 3.8) is 0 Å². The molecule has 0 bridgehead atoms. The molecule has 0 aliphatic carbocycles. The number of hydrogen-bond acceptors (Lipinski definition) is 5. The van der Waals surface area contributed by atoms with Crippen LogP contribution in [0.25, 0.3) is 22.2 Å². The fraction of sp³-hybridized carbons (Fsp3) is 0.240. The van der Waals surface area contributed by atoms with Gasteiger partial charge in [0.05, 0.1) is 18.4 Å². The van der Waals surface area contributed by atoms with Crippen molar-refractivity contribution in [1.82, 2.24) is 14.8 Å². The van der Waals surface area contributed by atoms with E-state index in [1.54, 1.807) is 12.1 Å². The Balaban J connectivity index is 1.38. The molecule has 162 valence electrons. The SMILES string of the molecule is O=C(CSc1nnc(-c2ccc(F)cc2)n1C[C@@H]1CCCO1)c1ccc2ccccc2c1. The van der Waals surface area contributed by atoms with Gasteiger partial charge in [0.2, 0.25) is 0 Å². The van der Waals surface area contributed by atoms with E-state index in [9.17, 15) is 9.18 Å². The van der Waals surface area contributed by atoms with Crippen molar-refractivity contribution in [3.8, 4) is 11.4 Å². The third-order valence-electron chi connectivity index (χ3n) is 5.63. The third-order valence-corrected chi connectivity index (χ3v) is 6.60. The maximum Gasteiger partial charge on any atom is 0.192 e. The molecule has 5 rings (SSSR count). The number of carbonyl (C=O) groups is 1. The number of aromatic nitrogens is 3. The first-order chi connectivity index (χ1) is 15.7. The summed E-state index contributed by atoms with van der Waals surface area (Å²) in [5.41, 5.74) is 1.46. The molecule has 0 saturated carbocycles. The second-order valence-corrected chi connectivity index (χ2v) is 8.77. The molecule has 32 heavy (non-hydrogen) atoms. The monoisotopic (exact) mass is 447 g/mol. The fourth-order valence-corrected chi connectivity index (χ4v) is 4.78. The Kier molecular flexibility index (Phi) is 6.01. The van der Waals surface area contributed by atoms with Gasteiger partial charge in [-0.2, -0.15) is 0 Å². The van der Waals surface area contributed by atoms with Gasteiger partial charge in [0.15, 0.2) is 16.8 Å². The van der Waals surface area contributed by atoms with Crippen LogP contribution in [0.2, 0.25) is 0 Å². The Bertz CT molecular complexity index is 1250. The molecule has 5 nitrogen and oxygen atoms in total. The minimum Gasteiger partial charge on any atom is -0.376 e. The average Bonchev–Trinajstić information content (AvgIpc) is 3.48. The molecule has 1 aliphatic rings. The van der Waals surface area contributed by atoms with Crippen LogP contribution in [0.3, 0.4) is 0 Å². The lowest BCUT2D eigenvalue weighted by atomic mass is 10.1. The zero-order valence-corrected chi connectivity index (χ0v) is 18.2. The predicted octanol–water partition coefficient (Wildman–Crippen LogP) is 5.39. The lowest BCUT2D eigenvalue weighted by Crippen LogP contribution is -2.17. The number of thioether (sulfide) groups is 1. The average molecular weight is 448 g/mol. The van der Waals surface area contributed by atoms with Gasteiger partial charge in [-0.25, -0.2) is 4.39 Å². The normalized spacial score (nSPS) is 16.0. The third kappa shape index (κ3) is 4.45. The highest BCUT2D eigenvalue weighted by Crippen LogP contribution is 2.27. The first-order valence-corrected chi connectivity index (χ1v) is 11.6. The molecule has 1 fully saturated rings. The summed E-state index contributed by atoms with van der Waals surface area (Å²) in [5, 5.41) is 11.5. The number of benzene rings is 3. The van der Waals surface area contributed by atoms with Crippen molar-refractivity contribution in [1.29, 1.82) is 0 Å². The van der Waals surface area contributed by atoms with E-state index in [-0.39, 0.29) is 23.5 Å². The van der Waals surface area contributed by atoms with Gasteiger partial charge in [-0.15, -0.1) is 10.2 Å². The number of halogens is 1. The van der Waals surface area contributed by atoms with Crippen LogP contribution in [0.15, 0.2) is 71.9 Å². The zero-order chi connectivity index (χ0) is 21.9. The number of hydrogen-bond donors (Lipinski definition) is 0. The van der Waals surface area contributed by atoms with Crippen LogP contribution in [0, 0.1) is 5.82 Å². The number of nitrogens with zero attached hydrogens (tertiary/aromatic N) is 3. The lowest BCUT2D eigenvalue weighted by molar-refractivity contribution is 0.0953. The molecule has 1 saturated heterocycles. The van der Waals surface area contributed by atoms with E-state index in [4.69, 9.17) is 4.74 Å². The maximum absolute atomic E-state index is 13.4. The van der Waals surface area contributed by atoms with Gasteiger partial charge < -0.3 is 4.74 Å². The molecule has 2 heterocycles. The fourth-order valence-electron chi connectivity index (χ4n) is 3.94. The molecule has 1 aromatic heterocycles. The number of carbonyl (C=O) groups excluding carboxylic acids is 1.